The predicted molar refractivity (Wildman–Crippen MR) is 87.5 cm³/mol. The Morgan fingerprint density at radius 1 is 1.38 bits per heavy atom. The summed E-state index contributed by atoms with van der Waals surface area (Å²) in [4.78, 5) is 0.795. The van der Waals surface area contributed by atoms with E-state index in [4.69, 9.17) is 16.3 Å². The SMILES string of the molecule is CCSCc1nnc2sc(-c3ccc(OC)c(Cl)c3)nn12. The van der Waals surface area contributed by atoms with Gasteiger partial charge in [0.15, 0.2) is 5.82 Å². The lowest BCUT2D eigenvalue weighted by atomic mass is 10.2. The first-order chi connectivity index (χ1) is 10.2. The number of halogens is 1. The highest BCUT2D eigenvalue weighted by Crippen LogP contribution is 2.32. The maximum absolute atomic E-state index is 6.17. The van der Waals surface area contributed by atoms with Gasteiger partial charge in [0.2, 0.25) is 4.96 Å². The Bertz CT molecular complexity index is 771. The van der Waals surface area contributed by atoms with Crippen molar-refractivity contribution in [2.24, 2.45) is 0 Å². The smallest absolute Gasteiger partial charge is 0.235 e. The molecule has 1 aromatic carbocycles. The molecule has 0 bridgehead atoms. The van der Waals surface area contributed by atoms with Crippen molar-refractivity contribution in [2.45, 2.75) is 12.7 Å². The largest absolute Gasteiger partial charge is 0.495 e. The minimum absolute atomic E-state index is 0.572. The Labute approximate surface area is 135 Å². The molecule has 0 unspecified atom stereocenters. The summed E-state index contributed by atoms with van der Waals surface area (Å²) in [5.41, 5.74) is 0.949. The van der Waals surface area contributed by atoms with Crippen LogP contribution in [0.25, 0.3) is 15.5 Å². The third-order valence-electron chi connectivity index (χ3n) is 2.89. The van der Waals surface area contributed by atoms with E-state index in [1.165, 1.54) is 11.3 Å². The molecule has 0 spiro atoms. The van der Waals surface area contributed by atoms with Gasteiger partial charge in [0.25, 0.3) is 0 Å². The van der Waals surface area contributed by atoms with Gasteiger partial charge in [-0.1, -0.05) is 29.9 Å². The lowest BCUT2D eigenvalue weighted by Gasteiger charge is -2.03. The van der Waals surface area contributed by atoms with Gasteiger partial charge in [-0.15, -0.1) is 10.2 Å². The van der Waals surface area contributed by atoms with E-state index in [-0.39, 0.29) is 0 Å². The van der Waals surface area contributed by atoms with Crippen LogP contribution in [0.1, 0.15) is 12.7 Å². The minimum atomic E-state index is 0.572. The van der Waals surface area contributed by atoms with Gasteiger partial charge in [-0.2, -0.15) is 21.4 Å². The van der Waals surface area contributed by atoms with Crippen molar-refractivity contribution < 1.29 is 4.74 Å². The van der Waals surface area contributed by atoms with E-state index in [0.717, 1.165) is 32.9 Å². The summed E-state index contributed by atoms with van der Waals surface area (Å²) in [6.45, 7) is 2.12. The third kappa shape index (κ3) is 2.86. The molecule has 0 amide bonds. The second kappa shape index (κ2) is 6.21. The van der Waals surface area contributed by atoms with E-state index in [1.54, 1.807) is 23.4 Å². The Balaban J connectivity index is 1.97. The average Bonchev–Trinajstić information content (AvgIpc) is 3.05. The molecule has 3 rings (SSSR count). The van der Waals surface area contributed by atoms with Crippen molar-refractivity contribution in [1.82, 2.24) is 19.8 Å². The van der Waals surface area contributed by atoms with Gasteiger partial charge in [-0.25, -0.2) is 0 Å². The zero-order valence-electron chi connectivity index (χ0n) is 11.5. The van der Waals surface area contributed by atoms with Crippen molar-refractivity contribution in [1.29, 1.82) is 0 Å². The number of rotatable bonds is 5. The number of ether oxygens (including phenoxy) is 1. The fraction of sp³-hybridized carbons (Fsp3) is 0.308. The fourth-order valence-corrected chi connectivity index (χ4v) is 3.54. The standard InChI is InChI=1S/C13H13ClN4OS2/c1-3-20-7-11-15-16-13-18(11)17-12(21-13)8-4-5-10(19-2)9(14)6-8/h4-6H,3,7H2,1-2H3. The maximum Gasteiger partial charge on any atom is 0.235 e. The summed E-state index contributed by atoms with van der Waals surface area (Å²) in [6, 6.07) is 5.64. The first-order valence-electron chi connectivity index (χ1n) is 6.35. The number of hydrogen-bond acceptors (Lipinski definition) is 6. The van der Waals surface area contributed by atoms with Crippen LogP contribution in [0.15, 0.2) is 18.2 Å². The van der Waals surface area contributed by atoms with Crippen LogP contribution in [0.3, 0.4) is 0 Å². The van der Waals surface area contributed by atoms with E-state index in [0.29, 0.717) is 10.8 Å². The Kier molecular flexibility index (Phi) is 4.32. The van der Waals surface area contributed by atoms with Crippen molar-refractivity contribution in [3.8, 4) is 16.3 Å². The van der Waals surface area contributed by atoms with Crippen molar-refractivity contribution >= 4 is 39.7 Å². The quantitative estimate of drug-likeness (QED) is 0.707. The highest BCUT2D eigenvalue weighted by Gasteiger charge is 2.13. The molecule has 8 heteroatoms. The molecule has 0 saturated heterocycles. The van der Waals surface area contributed by atoms with Crippen LogP contribution in [-0.4, -0.2) is 32.7 Å². The first kappa shape index (κ1) is 14.6. The molecule has 2 aromatic heterocycles. The zero-order chi connectivity index (χ0) is 14.8. The third-order valence-corrected chi connectivity index (χ3v) is 5.00. The zero-order valence-corrected chi connectivity index (χ0v) is 13.9. The first-order valence-corrected chi connectivity index (χ1v) is 8.70. The number of nitrogens with zero attached hydrogens (tertiary/aromatic N) is 4. The van der Waals surface area contributed by atoms with Crippen molar-refractivity contribution in [3.05, 3.63) is 29.0 Å². The summed E-state index contributed by atoms with van der Waals surface area (Å²) in [5, 5.41) is 14.4. The molecule has 0 N–H and O–H groups in total. The van der Waals surface area contributed by atoms with Crippen molar-refractivity contribution in [3.63, 3.8) is 0 Å². The van der Waals surface area contributed by atoms with Crippen LogP contribution in [0.4, 0.5) is 0 Å². The van der Waals surface area contributed by atoms with E-state index in [2.05, 4.69) is 22.2 Å². The van der Waals surface area contributed by atoms with Gasteiger partial charge >= 0.3 is 0 Å². The van der Waals surface area contributed by atoms with Gasteiger partial charge in [0, 0.05) is 5.56 Å². The molecule has 3 aromatic rings. The number of aromatic nitrogens is 4. The lowest BCUT2D eigenvalue weighted by molar-refractivity contribution is 0.415. The summed E-state index contributed by atoms with van der Waals surface area (Å²) < 4.78 is 6.97. The molecule has 0 fully saturated rings. The normalized spacial score (nSPS) is 11.2. The van der Waals surface area contributed by atoms with Gasteiger partial charge < -0.3 is 4.74 Å². The summed E-state index contributed by atoms with van der Waals surface area (Å²) >= 11 is 9.46. The molecule has 0 radical (unpaired) electrons. The molecule has 0 aliphatic heterocycles. The fourth-order valence-electron chi connectivity index (χ4n) is 1.86. The monoisotopic (exact) mass is 340 g/mol. The topological polar surface area (TPSA) is 52.3 Å². The van der Waals surface area contributed by atoms with Crippen molar-refractivity contribution in [2.75, 3.05) is 12.9 Å². The summed E-state index contributed by atoms with van der Waals surface area (Å²) in [6.07, 6.45) is 0. The van der Waals surface area contributed by atoms with Crippen LogP contribution in [-0.2, 0) is 5.75 Å². The number of methoxy groups -OCH3 is 1. The highest BCUT2D eigenvalue weighted by atomic mass is 35.5. The second-order valence-electron chi connectivity index (χ2n) is 4.20. The van der Waals surface area contributed by atoms with E-state index in [9.17, 15) is 0 Å². The van der Waals surface area contributed by atoms with Crippen LogP contribution >= 0.6 is 34.7 Å². The highest BCUT2D eigenvalue weighted by molar-refractivity contribution is 7.98. The summed E-state index contributed by atoms with van der Waals surface area (Å²) in [5.74, 6) is 3.38. The maximum atomic E-state index is 6.17. The molecule has 0 aliphatic carbocycles. The number of benzene rings is 1. The average molecular weight is 341 g/mol. The van der Waals surface area contributed by atoms with Gasteiger partial charge in [-0.3, -0.25) is 0 Å². The van der Waals surface area contributed by atoms with Crippen LogP contribution in [0.5, 0.6) is 5.75 Å². The van der Waals surface area contributed by atoms with Crippen LogP contribution in [0, 0.1) is 0 Å². The number of fused-ring (bicyclic) bond motifs is 1. The molecule has 0 saturated carbocycles. The number of hydrogen-bond donors (Lipinski definition) is 0. The van der Waals surface area contributed by atoms with Gasteiger partial charge in [0.1, 0.15) is 10.8 Å². The second-order valence-corrected chi connectivity index (χ2v) is 6.84. The molecular formula is C13H13ClN4OS2. The molecule has 5 nitrogen and oxygen atoms in total. The Hall–Kier alpha value is -1.31. The van der Waals surface area contributed by atoms with Crippen LogP contribution in [0.2, 0.25) is 5.02 Å². The molecule has 110 valence electrons. The number of thioether (sulfide) groups is 1. The lowest BCUT2D eigenvalue weighted by Crippen LogP contribution is -1.94. The van der Waals surface area contributed by atoms with Crippen LogP contribution < -0.4 is 4.74 Å². The molecule has 0 atom stereocenters. The van der Waals surface area contributed by atoms with E-state index in [1.807, 2.05) is 18.2 Å². The molecule has 2 heterocycles. The summed E-state index contributed by atoms with van der Waals surface area (Å²) in [7, 11) is 1.60. The molecular weight excluding hydrogens is 328 g/mol. The molecule has 0 aliphatic rings. The van der Waals surface area contributed by atoms with Gasteiger partial charge in [0.05, 0.1) is 17.9 Å². The Morgan fingerprint density at radius 3 is 2.95 bits per heavy atom. The van der Waals surface area contributed by atoms with Gasteiger partial charge in [-0.05, 0) is 24.0 Å². The van der Waals surface area contributed by atoms with E-state index >= 15 is 0 Å². The van der Waals surface area contributed by atoms with E-state index < -0.39 is 0 Å². The Morgan fingerprint density at radius 2 is 2.24 bits per heavy atom. The minimum Gasteiger partial charge on any atom is -0.495 e. The predicted octanol–water partition coefficient (Wildman–Crippen LogP) is 3.77. The molecule has 21 heavy (non-hydrogen) atoms.